The Balaban J connectivity index is 1.51. The van der Waals surface area contributed by atoms with Crippen molar-refractivity contribution in [2.75, 3.05) is 0 Å². The number of pyridine rings is 1. The van der Waals surface area contributed by atoms with E-state index in [1.807, 2.05) is 30.3 Å². The number of rotatable bonds is 7. The Hall–Kier alpha value is -3.61. The molecular weight excluding hydrogens is 405 g/mol. The van der Waals surface area contributed by atoms with Crippen molar-refractivity contribution < 1.29 is 22.7 Å². The van der Waals surface area contributed by atoms with Crippen LogP contribution in [-0.4, -0.2) is 10.9 Å². The van der Waals surface area contributed by atoms with Crippen LogP contribution in [0.1, 0.15) is 35.3 Å². The first-order valence-corrected chi connectivity index (χ1v) is 9.60. The molecule has 0 radical (unpaired) electrons. The topological polar surface area (TPSA) is 51.2 Å². The summed E-state index contributed by atoms with van der Waals surface area (Å²) in [5.74, 6) is 0.243. The van der Waals surface area contributed by atoms with Crippen molar-refractivity contribution in [1.82, 2.24) is 10.3 Å². The van der Waals surface area contributed by atoms with Gasteiger partial charge >= 0.3 is 6.18 Å². The van der Waals surface area contributed by atoms with E-state index in [1.165, 1.54) is 24.3 Å². The van der Waals surface area contributed by atoms with Crippen molar-refractivity contribution in [1.29, 1.82) is 0 Å². The predicted octanol–water partition coefficient (Wildman–Crippen LogP) is 5.57. The van der Waals surface area contributed by atoms with Crippen LogP contribution in [0.2, 0.25) is 0 Å². The zero-order chi connectivity index (χ0) is 22.3. The molecule has 160 valence electrons. The number of hydrogen-bond donors (Lipinski definition) is 1. The summed E-state index contributed by atoms with van der Waals surface area (Å²) in [5.41, 5.74) is 1.47. The first kappa shape index (κ1) is 22.1. The zero-order valence-electron chi connectivity index (χ0n) is 16.8. The molecule has 1 unspecified atom stereocenters. The van der Waals surface area contributed by atoms with Crippen molar-refractivity contribution in [3.63, 3.8) is 0 Å². The normalized spacial score (nSPS) is 12.5. The highest BCUT2D eigenvalue weighted by Gasteiger charge is 2.29. The maximum absolute atomic E-state index is 12.6. The minimum atomic E-state index is -4.38. The van der Waals surface area contributed by atoms with Gasteiger partial charge in [-0.1, -0.05) is 42.5 Å². The number of nitrogens with one attached hydrogen (secondary N) is 1. The fraction of sp³-hybridized carbons (Fsp3) is 0.167. The van der Waals surface area contributed by atoms with Crippen LogP contribution in [0.15, 0.2) is 79.0 Å². The molecule has 0 saturated heterocycles. The molecule has 0 fully saturated rings. The molecule has 1 aromatic heterocycles. The van der Waals surface area contributed by atoms with E-state index >= 15 is 0 Å². The van der Waals surface area contributed by atoms with Crippen LogP contribution in [0, 0.1) is 0 Å². The van der Waals surface area contributed by atoms with Crippen molar-refractivity contribution in [2.45, 2.75) is 25.7 Å². The molecule has 1 N–H and O–H groups in total. The van der Waals surface area contributed by atoms with Crippen molar-refractivity contribution in [3.05, 3.63) is 101 Å². The van der Waals surface area contributed by atoms with E-state index in [2.05, 4.69) is 10.3 Å². The second-order valence-corrected chi connectivity index (χ2v) is 6.88. The quantitative estimate of drug-likeness (QED) is 0.503. The average Bonchev–Trinajstić information content (AvgIpc) is 2.77. The van der Waals surface area contributed by atoms with E-state index in [-0.39, 0.29) is 11.9 Å². The molecule has 4 nitrogen and oxygen atoms in total. The van der Waals surface area contributed by atoms with Gasteiger partial charge in [0.15, 0.2) is 0 Å². The highest BCUT2D eigenvalue weighted by molar-refractivity contribution is 5.91. The van der Waals surface area contributed by atoms with E-state index in [9.17, 15) is 18.0 Å². The molecule has 1 heterocycles. The van der Waals surface area contributed by atoms with Crippen LogP contribution in [0.25, 0.3) is 6.08 Å². The summed E-state index contributed by atoms with van der Waals surface area (Å²) in [6, 6.07) is 17.5. The molecule has 31 heavy (non-hydrogen) atoms. The number of carbonyl (C=O) groups excluding carboxylic acids is 1. The number of halogens is 3. The summed E-state index contributed by atoms with van der Waals surface area (Å²) in [6.07, 6.45) is -0.0598. The summed E-state index contributed by atoms with van der Waals surface area (Å²) in [7, 11) is 0. The largest absolute Gasteiger partial charge is 0.487 e. The third-order valence-corrected chi connectivity index (χ3v) is 4.48. The van der Waals surface area contributed by atoms with E-state index in [0.717, 1.165) is 17.7 Å². The lowest BCUT2D eigenvalue weighted by atomic mass is 10.1. The smallest absolute Gasteiger partial charge is 0.416 e. The van der Waals surface area contributed by atoms with Gasteiger partial charge in [0.1, 0.15) is 12.4 Å². The molecule has 0 aliphatic heterocycles. The van der Waals surface area contributed by atoms with Gasteiger partial charge in [0.2, 0.25) is 5.91 Å². The van der Waals surface area contributed by atoms with Crippen molar-refractivity contribution in [3.8, 4) is 5.75 Å². The van der Waals surface area contributed by atoms with Crippen LogP contribution in [0.5, 0.6) is 5.75 Å². The molecule has 0 aliphatic rings. The number of carbonyl (C=O) groups is 1. The molecule has 3 aromatic rings. The molecule has 2 aromatic carbocycles. The maximum Gasteiger partial charge on any atom is 0.416 e. The van der Waals surface area contributed by atoms with Gasteiger partial charge in [-0.05, 0) is 48.4 Å². The fourth-order valence-corrected chi connectivity index (χ4v) is 2.76. The second kappa shape index (κ2) is 9.93. The lowest BCUT2D eigenvalue weighted by Gasteiger charge is -2.13. The summed E-state index contributed by atoms with van der Waals surface area (Å²) in [6.45, 7) is 2.22. The molecule has 0 aliphatic carbocycles. The van der Waals surface area contributed by atoms with Crippen LogP contribution in [0.4, 0.5) is 13.2 Å². The molecular formula is C24H21F3N2O2. The lowest BCUT2D eigenvalue weighted by molar-refractivity contribution is -0.137. The second-order valence-electron chi connectivity index (χ2n) is 6.88. The summed E-state index contributed by atoms with van der Waals surface area (Å²) in [4.78, 5) is 16.4. The lowest BCUT2D eigenvalue weighted by Crippen LogP contribution is -2.25. The highest BCUT2D eigenvalue weighted by atomic mass is 19.4. The Labute approximate surface area is 178 Å². The zero-order valence-corrected chi connectivity index (χ0v) is 16.8. The van der Waals surface area contributed by atoms with Gasteiger partial charge in [-0.2, -0.15) is 13.2 Å². The van der Waals surface area contributed by atoms with E-state index in [1.54, 1.807) is 25.3 Å². The molecule has 3 rings (SSSR count). The van der Waals surface area contributed by atoms with Crippen molar-refractivity contribution in [2.24, 2.45) is 0 Å². The van der Waals surface area contributed by atoms with Crippen LogP contribution >= 0.6 is 0 Å². The Morgan fingerprint density at radius 3 is 2.39 bits per heavy atom. The minimum Gasteiger partial charge on any atom is -0.487 e. The standard InChI is InChI=1S/C24H21F3N2O2/c1-17(22-13-12-21(15-28-22)31-16-19-5-3-2-4-6-19)29-23(30)14-9-18-7-10-20(11-8-18)24(25,26)27/h2-15,17H,16H2,1H3,(H,29,30). The van der Waals surface area contributed by atoms with Gasteiger partial charge in [0.05, 0.1) is 23.5 Å². The number of aromatic nitrogens is 1. The van der Waals surface area contributed by atoms with Gasteiger partial charge in [0, 0.05) is 6.08 Å². The summed E-state index contributed by atoms with van der Waals surface area (Å²) >= 11 is 0. The van der Waals surface area contributed by atoms with E-state index in [0.29, 0.717) is 23.6 Å². The Kier molecular flexibility index (Phi) is 7.07. The SMILES string of the molecule is CC(NC(=O)C=Cc1ccc(C(F)(F)F)cc1)c1ccc(OCc2ccccc2)cn1. The molecule has 1 amide bonds. The van der Waals surface area contributed by atoms with Crippen LogP contribution in [-0.2, 0) is 17.6 Å². The number of nitrogens with zero attached hydrogens (tertiary/aromatic N) is 1. The Bertz CT molecular complexity index is 1020. The van der Waals surface area contributed by atoms with Gasteiger partial charge in [0.25, 0.3) is 0 Å². The number of ether oxygens (including phenoxy) is 1. The van der Waals surface area contributed by atoms with Gasteiger partial charge < -0.3 is 10.1 Å². The minimum absolute atomic E-state index is 0.354. The highest BCUT2D eigenvalue weighted by Crippen LogP contribution is 2.29. The Morgan fingerprint density at radius 2 is 1.77 bits per heavy atom. The van der Waals surface area contributed by atoms with Gasteiger partial charge in [-0.25, -0.2) is 0 Å². The maximum atomic E-state index is 12.6. The summed E-state index contributed by atoms with van der Waals surface area (Å²) < 4.78 is 43.5. The Morgan fingerprint density at radius 1 is 1.06 bits per heavy atom. The first-order chi connectivity index (χ1) is 14.8. The third kappa shape index (κ3) is 6.70. The average molecular weight is 426 g/mol. The van der Waals surface area contributed by atoms with E-state index < -0.39 is 11.7 Å². The predicted molar refractivity (Wildman–Crippen MR) is 112 cm³/mol. The van der Waals surface area contributed by atoms with Crippen LogP contribution < -0.4 is 10.1 Å². The molecule has 0 spiro atoms. The number of benzene rings is 2. The first-order valence-electron chi connectivity index (χ1n) is 9.60. The monoisotopic (exact) mass is 426 g/mol. The molecule has 0 bridgehead atoms. The van der Waals surface area contributed by atoms with Gasteiger partial charge in [-0.3, -0.25) is 9.78 Å². The van der Waals surface area contributed by atoms with E-state index in [4.69, 9.17) is 4.74 Å². The van der Waals surface area contributed by atoms with Crippen molar-refractivity contribution >= 4 is 12.0 Å². The number of hydrogen-bond acceptors (Lipinski definition) is 3. The number of alkyl halides is 3. The van der Waals surface area contributed by atoms with Gasteiger partial charge in [-0.15, -0.1) is 0 Å². The molecule has 0 saturated carbocycles. The molecule has 7 heteroatoms. The third-order valence-electron chi connectivity index (χ3n) is 4.48. The fourth-order valence-electron chi connectivity index (χ4n) is 2.76. The number of amides is 1. The molecule has 1 atom stereocenters. The summed E-state index contributed by atoms with van der Waals surface area (Å²) in [5, 5.41) is 2.77. The van der Waals surface area contributed by atoms with Crippen LogP contribution in [0.3, 0.4) is 0 Å².